The second-order valence-corrected chi connectivity index (χ2v) is 7.03. The zero-order valence-electron chi connectivity index (χ0n) is 16.3. The van der Waals surface area contributed by atoms with Gasteiger partial charge in [0.2, 0.25) is 5.88 Å². The van der Waals surface area contributed by atoms with Crippen LogP contribution in [-0.4, -0.2) is 34.5 Å². The van der Waals surface area contributed by atoms with Gasteiger partial charge in [-0.25, -0.2) is 9.36 Å². The lowest BCUT2D eigenvalue weighted by Gasteiger charge is -2.14. The van der Waals surface area contributed by atoms with Gasteiger partial charge in [-0.1, -0.05) is 24.6 Å². The smallest absolute Gasteiger partial charge is 0.335 e. The Labute approximate surface area is 172 Å². The lowest BCUT2D eigenvalue weighted by Crippen LogP contribution is -2.33. The summed E-state index contributed by atoms with van der Waals surface area (Å²) in [4.78, 5) is 33.6. The maximum atomic E-state index is 12.5. The zero-order chi connectivity index (χ0) is 21.1. The lowest BCUT2D eigenvalue weighted by molar-refractivity contribution is 0.429. The fourth-order valence-corrected chi connectivity index (χ4v) is 3.05. The predicted molar refractivity (Wildman–Crippen MR) is 117 cm³/mol. The van der Waals surface area contributed by atoms with Crippen LogP contribution < -0.4 is 16.1 Å². The Morgan fingerprint density at radius 2 is 1.86 bits per heavy atom. The van der Waals surface area contributed by atoms with Gasteiger partial charge in [0.25, 0.3) is 5.56 Å². The Morgan fingerprint density at radius 3 is 2.48 bits per heavy atom. The van der Waals surface area contributed by atoms with Crippen LogP contribution in [0.5, 0.6) is 5.88 Å². The number of H-pyrrole nitrogens is 1. The van der Waals surface area contributed by atoms with E-state index in [9.17, 15) is 14.7 Å². The van der Waals surface area contributed by atoms with Crippen LogP contribution in [0.15, 0.2) is 63.1 Å². The minimum atomic E-state index is -0.747. The highest BCUT2D eigenvalue weighted by Gasteiger charge is 2.19. The normalized spacial score (nSPS) is 11.5. The second-order valence-electron chi connectivity index (χ2n) is 6.60. The summed E-state index contributed by atoms with van der Waals surface area (Å²) in [6, 6.07) is 13.8. The summed E-state index contributed by atoms with van der Waals surface area (Å²) in [5.41, 5.74) is 0.840. The minimum absolute atomic E-state index is 0.0442. The third-order valence-corrected chi connectivity index (χ3v) is 4.66. The zero-order valence-corrected chi connectivity index (χ0v) is 17.1. The number of hydrogen-bond donors (Lipinski definition) is 2. The van der Waals surface area contributed by atoms with Crippen LogP contribution in [0.3, 0.4) is 0 Å². The Morgan fingerprint density at radius 1 is 1.17 bits per heavy atom. The van der Waals surface area contributed by atoms with Gasteiger partial charge < -0.3 is 10.0 Å². The van der Waals surface area contributed by atoms with E-state index in [0.29, 0.717) is 28.5 Å². The fourth-order valence-electron chi connectivity index (χ4n) is 2.92. The first-order chi connectivity index (χ1) is 13.8. The number of aromatic hydroxyl groups is 1. The van der Waals surface area contributed by atoms with E-state index in [1.54, 1.807) is 24.3 Å². The molecule has 3 aromatic rings. The van der Waals surface area contributed by atoms with Crippen molar-refractivity contribution in [2.75, 3.05) is 19.0 Å². The average Bonchev–Trinajstić information content (AvgIpc) is 2.68. The summed E-state index contributed by atoms with van der Waals surface area (Å²) in [5, 5.41) is 11.3. The molecule has 2 aromatic carbocycles. The molecule has 0 aliphatic carbocycles. The van der Waals surface area contributed by atoms with E-state index in [0.717, 1.165) is 10.3 Å². The summed E-state index contributed by atoms with van der Waals surface area (Å²) < 4.78 is 1.02. The molecule has 0 radical (unpaired) electrons. The highest BCUT2D eigenvalue weighted by Crippen LogP contribution is 2.24. The highest BCUT2D eigenvalue weighted by atomic mass is 35.5. The van der Waals surface area contributed by atoms with Crippen LogP contribution in [0.4, 0.5) is 11.4 Å². The van der Waals surface area contributed by atoms with Gasteiger partial charge in [-0.3, -0.25) is 14.8 Å². The van der Waals surface area contributed by atoms with Gasteiger partial charge in [0.05, 0.1) is 17.1 Å². The highest BCUT2D eigenvalue weighted by molar-refractivity contribution is 6.30. The van der Waals surface area contributed by atoms with Crippen molar-refractivity contribution in [1.29, 1.82) is 0 Å². The summed E-state index contributed by atoms with van der Waals surface area (Å²) in [6.45, 7) is 1.82. The number of anilines is 1. The topological polar surface area (TPSA) is 90.7 Å². The van der Waals surface area contributed by atoms with E-state index >= 15 is 0 Å². The molecule has 0 amide bonds. The number of benzene rings is 2. The number of aromatic amines is 1. The van der Waals surface area contributed by atoms with E-state index in [2.05, 4.69) is 9.98 Å². The van der Waals surface area contributed by atoms with Crippen LogP contribution >= 0.6 is 11.6 Å². The van der Waals surface area contributed by atoms with Crippen LogP contribution in [0.2, 0.25) is 5.02 Å². The van der Waals surface area contributed by atoms with Crippen molar-refractivity contribution in [3.63, 3.8) is 0 Å². The Bertz CT molecular complexity index is 1180. The van der Waals surface area contributed by atoms with E-state index in [1.807, 2.05) is 50.2 Å². The van der Waals surface area contributed by atoms with Crippen LogP contribution in [0.25, 0.3) is 5.69 Å². The van der Waals surface area contributed by atoms with Crippen LogP contribution in [-0.2, 0) is 0 Å². The number of nitrogens with zero attached hydrogens (tertiary/aromatic N) is 3. The summed E-state index contributed by atoms with van der Waals surface area (Å²) >= 11 is 5.90. The molecule has 29 heavy (non-hydrogen) atoms. The first-order valence-electron chi connectivity index (χ1n) is 9.01. The molecule has 0 saturated carbocycles. The average molecular weight is 413 g/mol. The molecule has 7 nitrogen and oxygen atoms in total. The van der Waals surface area contributed by atoms with Gasteiger partial charge in [0, 0.05) is 24.8 Å². The Balaban J connectivity index is 2.20. The maximum absolute atomic E-state index is 12.5. The van der Waals surface area contributed by atoms with Gasteiger partial charge in [0.1, 0.15) is 5.56 Å². The lowest BCUT2D eigenvalue weighted by atomic mass is 10.1. The van der Waals surface area contributed by atoms with E-state index in [-0.39, 0.29) is 5.56 Å². The van der Waals surface area contributed by atoms with Crippen molar-refractivity contribution in [1.82, 2.24) is 9.55 Å². The van der Waals surface area contributed by atoms with Crippen molar-refractivity contribution in [3.05, 3.63) is 80.0 Å². The van der Waals surface area contributed by atoms with E-state index in [1.165, 1.54) is 0 Å². The monoisotopic (exact) mass is 412 g/mol. The van der Waals surface area contributed by atoms with Crippen molar-refractivity contribution >= 4 is 28.7 Å². The minimum Gasteiger partial charge on any atom is -0.493 e. The Kier molecular flexibility index (Phi) is 5.89. The third kappa shape index (κ3) is 4.25. The van der Waals surface area contributed by atoms with Crippen LogP contribution in [0, 0.1) is 0 Å². The number of rotatable bonds is 5. The number of aliphatic imine (C=N–C) groups is 1. The molecule has 0 aliphatic rings. The Hall–Kier alpha value is -3.32. The van der Waals surface area contributed by atoms with Crippen LogP contribution in [0.1, 0.15) is 18.9 Å². The quantitative estimate of drug-likeness (QED) is 0.627. The van der Waals surface area contributed by atoms with E-state index in [4.69, 9.17) is 11.6 Å². The molecule has 3 rings (SSSR count). The van der Waals surface area contributed by atoms with E-state index < -0.39 is 17.1 Å². The van der Waals surface area contributed by atoms with Gasteiger partial charge in [-0.2, -0.15) is 0 Å². The van der Waals surface area contributed by atoms with Gasteiger partial charge in [-0.15, -0.1) is 0 Å². The third-order valence-electron chi connectivity index (χ3n) is 4.40. The molecule has 8 heteroatoms. The molecule has 0 aliphatic heterocycles. The molecule has 150 valence electrons. The van der Waals surface area contributed by atoms with Crippen molar-refractivity contribution in [2.24, 2.45) is 4.99 Å². The number of halogens is 1. The molecule has 2 N–H and O–H groups in total. The fraction of sp³-hybridized carbons (Fsp3) is 0.190. The summed E-state index contributed by atoms with van der Waals surface area (Å²) in [6.07, 6.45) is 0.377. The molecule has 0 bridgehead atoms. The molecular weight excluding hydrogens is 392 g/mol. The SMILES string of the molecule is CCC(=Nc1cccc(N(C)C)c1)c1c(O)n(-c2ccc(Cl)cc2)c(=O)[nH]c1=O. The van der Waals surface area contributed by atoms with Gasteiger partial charge >= 0.3 is 5.69 Å². The second kappa shape index (κ2) is 8.36. The van der Waals surface area contributed by atoms with Crippen molar-refractivity contribution < 1.29 is 5.11 Å². The number of nitrogens with one attached hydrogen (secondary N) is 1. The van der Waals surface area contributed by atoms with Gasteiger partial charge in [0.15, 0.2) is 0 Å². The maximum Gasteiger partial charge on any atom is 0.335 e. The number of hydrogen-bond acceptors (Lipinski definition) is 5. The molecule has 0 saturated heterocycles. The molecule has 0 fully saturated rings. The van der Waals surface area contributed by atoms with Crippen molar-refractivity contribution in [3.8, 4) is 11.6 Å². The largest absolute Gasteiger partial charge is 0.493 e. The summed E-state index contributed by atoms with van der Waals surface area (Å²) in [5.74, 6) is -0.467. The van der Waals surface area contributed by atoms with Gasteiger partial charge in [-0.05, 0) is 48.9 Å². The molecule has 0 unspecified atom stereocenters. The summed E-state index contributed by atoms with van der Waals surface area (Å²) in [7, 11) is 3.84. The first-order valence-corrected chi connectivity index (χ1v) is 9.39. The standard InChI is InChI=1S/C21H21ClN4O3/c1-4-17(23-14-6-5-7-16(12-14)25(2)3)18-19(27)24-21(29)26(20(18)28)15-10-8-13(22)9-11-15/h5-12,28H,4H2,1-3H3,(H,24,27,29). The first kappa shape index (κ1) is 20.4. The molecule has 1 aromatic heterocycles. The predicted octanol–water partition coefficient (Wildman–Crippen LogP) is 3.48. The number of aromatic nitrogens is 2. The molecule has 0 atom stereocenters. The molecule has 0 spiro atoms. The molecular formula is C21H21ClN4O3. The molecule has 1 heterocycles. The van der Waals surface area contributed by atoms with Crippen molar-refractivity contribution in [2.45, 2.75) is 13.3 Å².